The van der Waals surface area contributed by atoms with E-state index in [0.717, 1.165) is 15.7 Å². The van der Waals surface area contributed by atoms with Crippen LogP contribution in [0.15, 0.2) is 28.9 Å². The number of nitrogens with zero attached hydrogens (tertiary/aromatic N) is 2. The fourth-order valence-corrected chi connectivity index (χ4v) is 2.25. The largest absolute Gasteiger partial charge is 0.399 e. The first-order valence-corrected chi connectivity index (χ1v) is 6.58. The zero-order valence-electron chi connectivity index (χ0n) is 10.8. The van der Waals surface area contributed by atoms with Gasteiger partial charge in [-0.2, -0.15) is 5.10 Å². The molecule has 1 aromatic heterocycles. The molecule has 0 bridgehead atoms. The molecule has 0 atom stereocenters. The molecule has 19 heavy (non-hydrogen) atoms. The molecule has 2 aromatic rings. The quantitative estimate of drug-likeness (QED) is 0.849. The van der Waals surface area contributed by atoms with Gasteiger partial charge >= 0.3 is 0 Å². The molecule has 6 heteroatoms. The number of carbonyl (C=O) groups is 1. The molecule has 0 aliphatic carbocycles. The maximum atomic E-state index is 12.0. The van der Waals surface area contributed by atoms with Gasteiger partial charge < -0.3 is 11.1 Å². The highest BCUT2D eigenvalue weighted by atomic mass is 79.9. The summed E-state index contributed by atoms with van der Waals surface area (Å²) in [7, 11) is 1.87. The number of hydrogen-bond donors (Lipinski definition) is 2. The monoisotopic (exact) mass is 322 g/mol. The minimum absolute atomic E-state index is 0.156. The van der Waals surface area contributed by atoms with Crippen molar-refractivity contribution >= 4 is 27.5 Å². The summed E-state index contributed by atoms with van der Waals surface area (Å²) in [6.07, 6.45) is 1.75. The van der Waals surface area contributed by atoms with Gasteiger partial charge in [0, 0.05) is 40.6 Å². The third-order valence-electron chi connectivity index (χ3n) is 2.96. The van der Waals surface area contributed by atoms with Crippen LogP contribution < -0.4 is 11.1 Å². The van der Waals surface area contributed by atoms with E-state index in [2.05, 4.69) is 26.3 Å². The Labute approximate surface area is 119 Å². The predicted octanol–water partition coefficient (Wildman–Crippen LogP) is 2.00. The second kappa shape index (κ2) is 5.44. The third kappa shape index (κ3) is 3.14. The SMILES string of the molecule is Cc1c(CNC(=O)c2cc(N)cc(Br)c2)cnn1C. The van der Waals surface area contributed by atoms with Crippen molar-refractivity contribution in [2.45, 2.75) is 13.5 Å². The molecule has 0 fully saturated rings. The number of anilines is 1. The average molecular weight is 323 g/mol. The molecule has 2 rings (SSSR count). The molecule has 1 amide bonds. The predicted molar refractivity (Wildman–Crippen MR) is 77.7 cm³/mol. The highest BCUT2D eigenvalue weighted by molar-refractivity contribution is 9.10. The van der Waals surface area contributed by atoms with Crippen molar-refractivity contribution in [3.63, 3.8) is 0 Å². The lowest BCUT2D eigenvalue weighted by Gasteiger charge is -2.06. The summed E-state index contributed by atoms with van der Waals surface area (Å²) in [5, 5.41) is 6.99. The Morgan fingerprint density at radius 2 is 2.21 bits per heavy atom. The lowest BCUT2D eigenvalue weighted by molar-refractivity contribution is 0.0951. The van der Waals surface area contributed by atoms with Crippen LogP contribution in [-0.4, -0.2) is 15.7 Å². The van der Waals surface area contributed by atoms with Crippen LogP contribution >= 0.6 is 15.9 Å². The zero-order chi connectivity index (χ0) is 14.0. The second-order valence-electron chi connectivity index (χ2n) is 4.33. The van der Waals surface area contributed by atoms with Crippen molar-refractivity contribution in [1.82, 2.24) is 15.1 Å². The van der Waals surface area contributed by atoms with Gasteiger partial charge in [-0.3, -0.25) is 9.48 Å². The van der Waals surface area contributed by atoms with E-state index in [1.807, 2.05) is 14.0 Å². The Balaban J connectivity index is 2.07. The fourth-order valence-electron chi connectivity index (χ4n) is 1.74. The maximum Gasteiger partial charge on any atom is 0.251 e. The van der Waals surface area contributed by atoms with Gasteiger partial charge in [0.1, 0.15) is 0 Å². The van der Waals surface area contributed by atoms with E-state index in [1.54, 1.807) is 29.1 Å². The Kier molecular flexibility index (Phi) is 3.90. The molecule has 5 nitrogen and oxygen atoms in total. The summed E-state index contributed by atoms with van der Waals surface area (Å²) >= 11 is 3.32. The van der Waals surface area contributed by atoms with E-state index >= 15 is 0 Å². The van der Waals surface area contributed by atoms with E-state index in [-0.39, 0.29) is 5.91 Å². The summed E-state index contributed by atoms with van der Waals surface area (Å²) < 4.78 is 2.56. The van der Waals surface area contributed by atoms with Crippen LogP contribution in [0.1, 0.15) is 21.6 Å². The fraction of sp³-hybridized carbons (Fsp3) is 0.231. The van der Waals surface area contributed by atoms with Gasteiger partial charge in [-0.25, -0.2) is 0 Å². The summed E-state index contributed by atoms with van der Waals surface area (Å²) in [6, 6.07) is 5.14. The molecule has 0 radical (unpaired) electrons. The number of aryl methyl sites for hydroxylation is 1. The van der Waals surface area contributed by atoms with Gasteiger partial charge in [0.05, 0.1) is 6.20 Å². The number of nitrogens with two attached hydrogens (primary N) is 1. The van der Waals surface area contributed by atoms with E-state index in [0.29, 0.717) is 17.8 Å². The first-order valence-electron chi connectivity index (χ1n) is 5.79. The first kappa shape index (κ1) is 13.6. The lowest BCUT2D eigenvalue weighted by Crippen LogP contribution is -2.23. The number of hydrogen-bond acceptors (Lipinski definition) is 3. The molecule has 1 aromatic carbocycles. The van der Waals surface area contributed by atoms with Crippen LogP contribution in [0.2, 0.25) is 0 Å². The van der Waals surface area contributed by atoms with Crippen molar-refractivity contribution in [3.05, 3.63) is 45.7 Å². The average Bonchev–Trinajstić information content (AvgIpc) is 2.66. The van der Waals surface area contributed by atoms with Gasteiger partial charge in [0.15, 0.2) is 0 Å². The molecular weight excluding hydrogens is 308 g/mol. The van der Waals surface area contributed by atoms with Crippen LogP contribution in [0.25, 0.3) is 0 Å². The molecule has 0 aliphatic heterocycles. The van der Waals surface area contributed by atoms with Crippen molar-refractivity contribution in [2.75, 3.05) is 5.73 Å². The van der Waals surface area contributed by atoms with Gasteiger partial charge in [0.25, 0.3) is 5.91 Å². The Hall–Kier alpha value is -1.82. The van der Waals surface area contributed by atoms with Gasteiger partial charge in [-0.05, 0) is 25.1 Å². The number of rotatable bonds is 3. The van der Waals surface area contributed by atoms with Crippen molar-refractivity contribution < 1.29 is 4.79 Å². The van der Waals surface area contributed by atoms with Crippen LogP contribution in [0.3, 0.4) is 0 Å². The molecule has 3 N–H and O–H groups in total. The van der Waals surface area contributed by atoms with Crippen LogP contribution in [0.5, 0.6) is 0 Å². The number of amides is 1. The van der Waals surface area contributed by atoms with Crippen LogP contribution in [-0.2, 0) is 13.6 Å². The third-order valence-corrected chi connectivity index (χ3v) is 3.42. The standard InChI is InChI=1S/C13H15BrN4O/c1-8-10(7-17-18(8)2)6-16-13(19)9-3-11(14)5-12(15)4-9/h3-5,7H,6,15H2,1-2H3,(H,16,19). The molecule has 0 saturated carbocycles. The molecule has 0 unspecified atom stereocenters. The van der Waals surface area contributed by atoms with Crippen molar-refractivity contribution in [2.24, 2.45) is 7.05 Å². The van der Waals surface area contributed by atoms with Gasteiger partial charge in [0.2, 0.25) is 0 Å². The number of aromatic nitrogens is 2. The van der Waals surface area contributed by atoms with E-state index in [9.17, 15) is 4.79 Å². The maximum absolute atomic E-state index is 12.0. The Morgan fingerprint density at radius 3 is 2.79 bits per heavy atom. The van der Waals surface area contributed by atoms with Crippen LogP contribution in [0.4, 0.5) is 5.69 Å². The normalized spacial score (nSPS) is 10.5. The highest BCUT2D eigenvalue weighted by Crippen LogP contribution is 2.17. The van der Waals surface area contributed by atoms with E-state index < -0.39 is 0 Å². The van der Waals surface area contributed by atoms with Crippen LogP contribution in [0, 0.1) is 6.92 Å². The number of nitrogens with one attached hydrogen (secondary N) is 1. The minimum atomic E-state index is -0.156. The molecular formula is C13H15BrN4O. The van der Waals surface area contributed by atoms with Crippen molar-refractivity contribution in [1.29, 1.82) is 0 Å². The Bertz CT molecular complexity index is 601. The summed E-state index contributed by atoms with van der Waals surface area (Å²) in [4.78, 5) is 12.0. The number of carbonyl (C=O) groups excluding carboxylic acids is 1. The number of nitrogen functional groups attached to an aromatic ring is 1. The van der Waals surface area contributed by atoms with Gasteiger partial charge in [-0.1, -0.05) is 15.9 Å². The number of halogens is 1. The summed E-state index contributed by atoms with van der Waals surface area (Å²) in [6.45, 7) is 2.41. The summed E-state index contributed by atoms with van der Waals surface area (Å²) in [5.74, 6) is -0.156. The highest BCUT2D eigenvalue weighted by Gasteiger charge is 2.09. The molecule has 1 heterocycles. The second-order valence-corrected chi connectivity index (χ2v) is 5.25. The molecule has 100 valence electrons. The summed E-state index contributed by atoms with van der Waals surface area (Å²) in [5.41, 5.74) is 8.83. The molecule has 0 saturated heterocycles. The smallest absolute Gasteiger partial charge is 0.251 e. The van der Waals surface area contributed by atoms with Crippen molar-refractivity contribution in [3.8, 4) is 0 Å². The molecule has 0 aliphatic rings. The molecule has 0 spiro atoms. The Morgan fingerprint density at radius 1 is 1.47 bits per heavy atom. The topological polar surface area (TPSA) is 72.9 Å². The number of benzene rings is 1. The minimum Gasteiger partial charge on any atom is -0.399 e. The van der Waals surface area contributed by atoms with Gasteiger partial charge in [-0.15, -0.1) is 0 Å². The lowest BCUT2D eigenvalue weighted by atomic mass is 10.2. The first-order chi connectivity index (χ1) is 8.97. The van der Waals surface area contributed by atoms with E-state index in [4.69, 9.17) is 5.73 Å². The van der Waals surface area contributed by atoms with E-state index in [1.165, 1.54) is 0 Å². The zero-order valence-corrected chi connectivity index (χ0v) is 12.4.